The average molecular weight is 298 g/mol. The molecule has 1 saturated carbocycles. The molecule has 0 spiro atoms. The van der Waals surface area contributed by atoms with E-state index in [0.29, 0.717) is 16.8 Å². The van der Waals surface area contributed by atoms with Crippen LogP contribution in [-0.4, -0.2) is 19.3 Å². The Morgan fingerprint density at radius 1 is 1.30 bits per heavy atom. The minimum Gasteiger partial charge on any atom is -0.493 e. The van der Waals surface area contributed by atoms with Crippen molar-refractivity contribution in [3.05, 3.63) is 22.7 Å². The summed E-state index contributed by atoms with van der Waals surface area (Å²) in [5, 5.41) is 4.11. The fourth-order valence-corrected chi connectivity index (χ4v) is 2.44. The van der Waals surface area contributed by atoms with E-state index in [0.717, 1.165) is 30.7 Å². The first kappa shape index (κ1) is 15.5. The molecule has 3 nitrogen and oxygen atoms in total. The van der Waals surface area contributed by atoms with E-state index < -0.39 is 0 Å². The standard InChI is InChI=1S/C16H24ClNO2/c1-4-13(5-2)20-16-14(17)8-11(9-15(16)19-3)10-18-12-6-7-12/h8-9,12-13,18H,4-7,10H2,1-3H3. The zero-order valence-corrected chi connectivity index (χ0v) is 13.3. The minimum atomic E-state index is 0.178. The van der Waals surface area contributed by atoms with Gasteiger partial charge in [0.1, 0.15) is 0 Å². The Kier molecular flexibility index (Phi) is 5.55. The van der Waals surface area contributed by atoms with Crippen molar-refractivity contribution in [1.82, 2.24) is 5.32 Å². The van der Waals surface area contributed by atoms with Crippen LogP contribution in [0.4, 0.5) is 0 Å². The Hall–Kier alpha value is -0.930. The second kappa shape index (κ2) is 7.19. The molecule has 0 aromatic heterocycles. The summed E-state index contributed by atoms with van der Waals surface area (Å²) in [6, 6.07) is 4.66. The lowest BCUT2D eigenvalue weighted by atomic mass is 10.1. The summed E-state index contributed by atoms with van der Waals surface area (Å²) in [6.45, 7) is 5.05. The van der Waals surface area contributed by atoms with Gasteiger partial charge in [-0.25, -0.2) is 0 Å². The summed E-state index contributed by atoms with van der Waals surface area (Å²) in [6.07, 6.45) is 4.65. The number of hydrogen-bond acceptors (Lipinski definition) is 3. The molecular weight excluding hydrogens is 274 g/mol. The van der Waals surface area contributed by atoms with Crippen molar-refractivity contribution < 1.29 is 9.47 Å². The normalized spacial score (nSPS) is 14.7. The van der Waals surface area contributed by atoms with Crippen LogP contribution in [0, 0.1) is 0 Å². The van der Waals surface area contributed by atoms with E-state index in [9.17, 15) is 0 Å². The van der Waals surface area contributed by atoms with Gasteiger partial charge in [-0.15, -0.1) is 0 Å². The first-order valence-corrected chi connectivity index (χ1v) is 7.82. The molecule has 0 heterocycles. The number of hydrogen-bond donors (Lipinski definition) is 1. The van der Waals surface area contributed by atoms with Gasteiger partial charge in [-0.3, -0.25) is 0 Å². The number of halogens is 1. The van der Waals surface area contributed by atoms with Gasteiger partial charge in [0, 0.05) is 12.6 Å². The largest absolute Gasteiger partial charge is 0.493 e. The molecule has 0 radical (unpaired) electrons. The van der Waals surface area contributed by atoms with Crippen molar-refractivity contribution in [3.8, 4) is 11.5 Å². The molecule has 0 unspecified atom stereocenters. The van der Waals surface area contributed by atoms with Gasteiger partial charge in [0.2, 0.25) is 0 Å². The number of benzene rings is 1. The Labute approximate surface area is 126 Å². The fourth-order valence-electron chi connectivity index (χ4n) is 2.16. The van der Waals surface area contributed by atoms with Crippen molar-refractivity contribution in [2.45, 2.75) is 58.2 Å². The van der Waals surface area contributed by atoms with Gasteiger partial charge in [0.05, 0.1) is 18.2 Å². The van der Waals surface area contributed by atoms with Crippen molar-refractivity contribution in [2.75, 3.05) is 7.11 Å². The molecule has 1 aliphatic rings. The van der Waals surface area contributed by atoms with Crippen LogP contribution in [0.25, 0.3) is 0 Å². The van der Waals surface area contributed by atoms with Gasteiger partial charge in [0.25, 0.3) is 0 Å². The third-order valence-corrected chi connectivity index (χ3v) is 3.94. The monoisotopic (exact) mass is 297 g/mol. The predicted molar refractivity (Wildman–Crippen MR) is 82.9 cm³/mol. The van der Waals surface area contributed by atoms with E-state index in [4.69, 9.17) is 21.1 Å². The Morgan fingerprint density at radius 3 is 2.55 bits per heavy atom. The van der Waals surface area contributed by atoms with Crippen LogP contribution in [0.2, 0.25) is 5.02 Å². The smallest absolute Gasteiger partial charge is 0.180 e. The van der Waals surface area contributed by atoms with Crippen LogP contribution < -0.4 is 14.8 Å². The maximum atomic E-state index is 6.37. The molecule has 1 aliphatic carbocycles. The van der Waals surface area contributed by atoms with Crippen LogP contribution in [0.5, 0.6) is 11.5 Å². The quantitative estimate of drug-likeness (QED) is 0.781. The van der Waals surface area contributed by atoms with E-state index in [2.05, 4.69) is 19.2 Å². The SMILES string of the molecule is CCC(CC)Oc1c(Cl)cc(CNC2CC2)cc1OC. The van der Waals surface area contributed by atoms with E-state index in [-0.39, 0.29) is 6.10 Å². The topological polar surface area (TPSA) is 30.5 Å². The maximum absolute atomic E-state index is 6.37. The van der Waals surface area contributed by atoms with Gasteiger partial charge in [-0.1, -0.05) is 25.4 Å². The van der Waals surface area contributed by atoms with Crippen LogP contribution >= 0.6 is 11.6 Å². The first-order valence-electron chi connectivity index (χ1n) is 7.44. The molecule has 4 heteroatoms. The highest BCUT2D eigenvalue weighted by Gasteiger charge is 2.21. The van der Waals surface area contributed by atoms with E-state index in [1.807, 2.05) is 12.1 Å². The molecule has 1 aromatic carbocycles. The zero-order chi connectivity index (χ0) is 14.5. The maximum Gasteiger partial charge on any atom is 0.180 e. The summed E-state index contributed by atoms with van der Waals surface area (Å²) in [5.74, 6) is 1.38. The van der Waals surface area contributed by atoms with Crippen molar-refractivity contribution in [3.63, 3.8) is 0 Å². The van der Waals surface area contributed by atoms with Crippen LogP contribution in [-0.2, 0) is 6.54 Å². The Balaban J connectivity index is 2.13. The molecule has 2 rings (SSSR count). The van der Waals surface area contributed by atoms with Crippen LogP contribution in [0.1, 0.15) is 45.1 Å². The van der Waals surface area contributed by atoms with Crippen molar-refractivity contribution in [2.24, 2.45) is 0 Å². The molecule has 0 atom stereocenters. The number of nitrogens with one attached hydrogen (secondary N) is 1. The average Bonchev–Trinajstić information content (AvgIpc) is 3.27. The molecule has 0 aliphatic heterocycles. The summed E-state index contributed by atoms with van der Waals surface area (Å²) in [5.41, 5.74) is 1.13. The molecule has 20 heavy (non-hydrogen) atoms. The van der Waals surface area contributed by atoms with Gasteiger partial charge in [-0.2, -0.15) is 0 Å². The van der Waals surface area contributed by atoms with Gasteiger partial charge in [-0.05, 0) is 43.4 Å². The zero-order valence-electron chi connectivity index (χ0n) is 12.5. The molecule has 1 aromatic rings. The van der Waals surface area contributed by atoms with Crippen LogP contribution in [0.3, 0.4) is 0 Å². The van der Waals surface area contributed by atoms with E-state index in [1.165, 1.54) is 12.8 Å². The number of rotatable bonds is 8. The summed E-state index contributed by atoms with van der Waals surface area (Å²) in [7, 11) is 1.66. The molecule has 1 fully saturated rings. The molecule has 0 bridgehead atoms. The number of ether oxygens (including phenoxy) is 2. The lowest BCUT2D eigenvalue weighted by Gasteiger charge is -2.20. The first-order chi connectivity index (χ1) is 9.67. The third kappa shape index (κ3) is 4.03. The molecule has 1 N–H and O–H groups in total. The number of methoxy groups -OCH3 is 1. The van der Waals surface area contributed by atoms with E-state index >= 15 is 0 Å². The molecule has 0 amide bonds. The molecular formula is C16H24ClNO2. The highest BCUT2D eigenvalue weighted by molar-refractivity contribution is 6.32. The van der Waals surface area contributed by atoms with Crippen molar-refractivity contribution >= 4 is 11.6 Å². The third-order valence-electron chi connectivity index (χ3n) is 3.66. The Bertz CT molecular complexity index is 442. The second-order valence-corrected chi connectivity index (χ2v) is 5.73. The van der Waals surface area contributed by atoms with Gasteiger partial charge in [0.15, 0.2) is 11.5 Å². The van der Waals surface area contributed by atoms with E-state index in [1.54, 1.807) is 7.11 Å². The highest BCUT2D eigenvalue weighted by atomic mass is 35.5. The Morgan fingerprint density at radius 2 is 2.00 bits per heavy atom. The lowest BCUT2D eigenvalue weighted by Crippen LogP contribution is -2.16. The summed E-state index contributed by atoms with van der Waals surface area (Å²) >= 11 is 6.37. The lowest BCUT2D eigenvalue weighted by molar-refractivity contribution is 0.185. The summed E-state index contributed by atoms with van der Waals surface area (Å²) in [4.78, 5) is 0. The van der Waals surface area contributed by atoms with Crippen molar-refractivity contribution in [1.29, 1.82) is 0 Å². The molecule has 112 valence electrons. The van der Waals surface area contributed by atoms with Gasteiger partial charge >= 0.3 is 0 Å². The summed E-state index contributed by atoms with van der Waals surface area (Å²) < 4.78 is 11.4. The second-order valence-electron chi connectivity index (χ2n) is 5.32. The predicted octanol–water partition coefficient (Wildman–Crippen LogP) is 4.17. The minimum absolute atomic E-state index is 0.178. The molecule has 0 saturated heterocycles. The van der Waals surface area contributed by atoms with Gasteiger partial charge < -0.3 is 14.8 Å². The van der Waals surface area contributed by atoms with Crippen LogP contribution in [0.15, 0.2) is 12.1 Å². The fraction of sp³-hybridized carbons (Fsp3) is 0.625. The highest BCUT2D eigenvalue weighted by Crippen LogP contribution is 2.37.